The predicted molar refractivity (Wildman–Crippen MR) is 409 cm³/mol. The Kier molecular flexibility index (Phi) is 68.7. The third kappa shape index (κ3) is 73.0. The van der Waals surface area contributed by atoms with Crippen molar-refractivity contribution in [1.29, 1.82) is 0 Å². The van der Waals surface area contributed by atoms with Gasteiger partial charge in [-0.1, -0.05) is 364 Å². The number of aliphatic hydroxyl groups is 1. The molecule has 0 bridgehead atoms. The summed E-state index contributed by atoms with van der Waals surface area (Å²) >= 11 is 0. The van der Waals surface area contributed by atoms with Crippen LogP contribution >= 0.6 is 15.6 Å². The van der Waals surface area contributed by atoms with Crippen molar-refractivity contribution in [3.63, 3.8) is 0 Å². The van der Waals surface area contributed by atoms with Gasteiger partial charge in [-0.25, -0.2) is 9.13 Å². The lowest BCUT2D eigenvalue weighted by molar-refractivity contribution is -0.161. The summed E-state index contributed by atoms with van der Waals surface area (Å²) in [4.78, 5) is 73.0. The van der Waals surface area contributed by atoms with Crippen molar-refractivity contribution in [2.45, 2.75) is 433 Å². The van der Waals surface area contributed by atoms with E-state index < -0.39 is 97.5 Å². The summed E-state index contributed by atoms with van der Waals surface area (Å²) in [6, 6.07) is 0. The van der Waals surface area contributed by atoms with E-state index in [9.17, 15) is 43.2 Å². The molecule has 0 aliphatic rings. The van der Waals surface area contributed by atoms with Crippen molar-refractivity contribution in [2.24, 2.45) is 23.7 Å². The predicted octanol–water partition coefficient (Wildman–Crippen LogP) is 24.0. The normalized spacial score (nSPS) is 14.3. The fourth-order valence-corrected chi connectivity index (χ4v) is 14.0. The van der Waals surface area contributed by atoms with Crippen LogP contribution in [0.5, 0.6) is 0 Å². The highest BCUT2D eigenvalue weighted by atomic mass is 31.2. The molecular weight excluding hydrogens is 1310 g/mol. The highest BCUT2D eigenvalue weighted by molar-refractivity contribution is 7.47. The zero-order chi connectivity index (χ0) is 73.8. The molecular formula is C81H158O17P2. The van der Waals surface area contributed by atoms with Gasteiger partial charge in [-0.15, -0.1) is 0 Å². The van der Waals surface area contributed by atoms with Crippen LogP contribution in [0.1, 0.15) is 415 Å². The van der Waals surface area contributed by atoms with Gasteiger partial charge in [0.15, 0.2) is 12.2 Å². The molecule has 0 aromatic carbocycles. The number of aliphatic hydroxyl groups excluding tert-OH is 1. The average Bonchev–Trinajstić information content (AvgIpc) is 0.929. The Morgan fingerprint density at radius 3 is 0.710 bits per heavy atom. The van der Waals surface area contributed by atoms with Gasteiger partial charge in [-0.2, -0.15) is 0 Å². The first-order chi connectivity index (χ1) is 48.1. The minimum Gasteiger partial charge on any atom is -0.462 e. The number of carbonyl (C=O) groups is 4. The van der Waals surface area contributed by atoms with E-state index in [2.05, 4.69) is 55.4 Å². The zero-order valence-electron chi connectivity index (χ0n) is 65.8. The van der Waals surface area contributed by atoms with Gasteiger partial charge >= 0.3 is 39.5 Å². The van der Waals surface area contributed by atoms with Crippen molar-refractivity contribution in [3.05, 3.63) is 0 Å². The van der Waals surface area contributed by atoms with Crippen molar-refractivity contribution in [2.75, 3.05) is 39.6 Å². The molecule has 0 spiro atoms. The average molecular weight is 1470 g/mol. The molecule has 17 nitrogen and oxygen atoms in total. The maximum absolute atomic E-state index is 13.1. The number of hydrogen-bond acceptors (Lipinski definition) is 15. The largest absolute Gasteiger partial charge is 0.472 e. The summed E-state index contributed by atoms with van der Waals surface area (Å²) in [6.07, 6.45) is 57.0. The molecule has 0 saturated carbocycles. The minimum atomic E-state index is -4.96. The number of ether oxygens (including phenoxy) is 4. The summed E-state index contributed by atoms with van der Waals surface area (Å²) < 4.78 is 68.7. The van der Waals surface area contributed by atoms with Crippen LogP contribution < -0.4 is 0 Å². The van der Waals surface area contributed by atoms with Crippen LogP contribution in [0.25, 0.3) is 0 Å². The zero-order valence-corrected chi connectivity index (χ0v) is 67.6. The van der Waals surface area contributed by atoms with Crippen LogP contribution in [-0.2, 0) is 65.4 Å². The Labute approximate surface area is 613 Å². The summed E-state index contributed by atoms with van der Waals surface area (Å²) in [5.74, 6) is 0.993. The van der Waals surface area contributed by atoms with E-state index in [0.717, 1.165) is 114 Å². The van der Waals surface area contributed by atoms with Crippen molar-refractivity contribution in [3.8, 4) is 0 Å². The van der Waals surface area contributed by atoms with Gasteiger partial charge in [0.1, 0.15) is 19.3 Å². The first-order valence-corrected chi connectivity index (χ1v) is 44.7. The number of phosphoric acid groups is 2. The van der Waals surface area contributed by atoms with Gasteiger partial charge in [-0.05, 0) is 49.4 Å². The molecule has 0 radical (unpaired) electrons. The van der Waals surface area contributed by atoms with Crippen molar-refractivity contribution >= 4 is 39.5 Å². The second-order valence-electron chi connectivity index (χ2n) is 30.8. The van der Waals surface area contributed by atoms with E-state index in [-0.39, 0.29) is 25.7 Å². The van der Waals surface area contributed by atoms with Gasteiger partial charge < -0.3 is 33.8 Å². The van der Waals surface area contributed by atoms with Crippen LogP contribution in [0.4, 0.5) is 0 Å². The summed E-state index contributed by atoms with van der Waals surface area (Å²) in [5, 5.41) is 10.6. The number of hydrogen-bond donors (Lipinski definition) is 3. The van der Waals surface area contributed by atoms with E-state index in [4.69, 9.17) is 37.0 Å². The molecule has 100 heavy (non-hydrogen) atoms. The van der Waals surface area contributed by atoms with E-state index in [0.29, 0.717) is 31.6 Å². The summed E-state index contributed by atoms with van der Waals surface area (Å²) in [5.41, 5.74) is 0. The Bertz CT molecular complexity index is 1960. The van der Waals surface area contributed by atoms with Gasteiger partial charge in [0.05, 0.1) is 26.4 Å². The third-order valence-electron chi connectivity index (χ3n) is 19.2. The molecule has 19 heteroatoms. The number of unbranched alkanes of at least 4 members (excludes halogenated alkanes) is 43. The second kappa shape index (κ2) is 70.1. The number of carbonyl (C=O) groups excluding carboxylic acids is 4. The molecule has 0 rings (SSSR count). The first kappa shape index (κ1) is 98.1. The molecule has 0 saturated heterocycles. The Morgan fingerprint density at radius 2 is 0.480 bits per heavy atom. The smallest absolute Gasteiger partial charge is 0.462 e. The fourth-order valence-electron chi connectivity index (χ4n) is 12.4. The standard InChI is InChI=1S/C81H158O17P2/c1-9-74(8)60-52-44-35-29-23-16-13-14-18-25-31-37-47-55-63-81(86)98-77(68-92-79(84)62-54-46-40-39-43-51-59-73(6)7)70-96-100(89,90)94-66-75(82)65-93-99(87,88)95-69-76(97-80(85)64-56-48-38-32-26-20-19-22-28-34-42-50-58-72(4)5)67-91-78(83)61-53-45-36-30-24-17-12-10-11-15-21-27-33-41-49-57-71(2)3/h71-77,82H,9-70H2,1-8H3,(H,87,88)(H,89,90)/t74?,75-,76-,77-/m1/s1. The highest BCUT2D eigenvalue weighted by Crippen LogP contribution is 2.45. The Balaban J connectivity index is 5.22. The molecule has 3 N–H and O–H groups in total. The maximum atomic E-state index is 13.1. The number of esters is 4. The molecule has 3 unspecified atom stereocenters. The molecule has 0 heterocycles. The van der Waals surface area contributed by atoms with Crippen LogP contribution in [0.2, 0.25) is 0 Å². The Morgan fingerprint density at radius 1 is 0.280 bits per heavy atom. The van der Waals surface area contributed by atoms with Gasteiger partial charge in [-0.3, -0.25) is 37.3 Å². The molecule has 0 fully saturated rings. The van der Waals surface area contributed by atoms with E-state index in [1.807, 2.05) is 0 Å². The Hall–Kier alpha value is -1.94. The highest BCUT2D eigenvalue weighted by Gasteiger charge is 2.30. The molecule has 0 amide bonds. The molecule has 0 aliphatic carbocycles. The second-order valence-corrected chi connectivity index (χ2v) is 33.7. The van der Waals surface area contributed by atoms with Crippen LogP contribution in [0.15, 0.2) is 0 Å². The lowest BCUT2D eigenvalue weighted by Crippen LogP contribution is -2.30. The topological polar surface area (TPSA) is 237 Å². The quantitative estimate of drug-likeness (QED) is 0.0222. The van der Waals surface area contributed by atoms with Crippen molar-refractivity contribution in [1.82, 2.24) is 0 Å². The molecule has 0 aromatic rings. The molecule has 0 aliphatic heterocycles. The van der Waals surface area contributed by atoms with Crippen LogP contribution in [0.3, 0.4) is 0 Å². The van der Waals surface area contributed by atoms with Gasteiger partial charge in [0, 0.05) is 25.7 Å². The lowest BCUT2D eigenvalue weighted by atomic mass is 9.99. The fraction of sp³-hybridized carbons (Fsp3) is 0.951. The SMILES string of the molecule is CCC(C)CCCCCCCCCCCCCCCCC(=O)O[C@H](COC(=O)CCCCCCCCC(C)C)COP(=O)(O)OC[C@H](O)COP(=O)(O)OC[C@@H](COC(=O)CCCCCCCCCCCCCCCCCC(C)C)OC(=O)CCCCCCCCCCCCCCC(C)C. The van der Waals surface area contributed by atoms with E-state index >= 15 is 0 Å². The van der Waals surface area contributed by atoms with E-state index in [1.54, 1.807) is 0 Å². The van der Waals surface area contributed by atoms with Crippen LogP contribution in [0, 0.1) is 23.7 Å². The number of rotatable bonds is 78. The van der Waals surface area contributed by atoms with Crippen molar-refractivity contribution < 1.29 is 80.2 Å². The van der Waals surface area contributed by atoms with Gasteiger partial charge in [0.2, 0.25) is 0 Å². The third-order valence-corrected chi connectivity index (χ3v) is 21.1. The summed E-state index contributed by atoms with van der Waals surface area (Å²) in [6.45, 7) is 14.3. The minimum absolute atomic E-state index is 0.106. The molecule has 6 atom stereocenters. The molecule has 594 valence electrons. The van der Waals surface area contributed by atoms with E-state index in [1.165, 1.54) is 212 Å². The first-order valence-electron chi connectivity index (χ1n) is 41.7. The number of phosphoric ester groups is 2. The van der Waals surface area contributed by atoms with Gasteiger partial charge in [0.25, 0.3) is 0 Å². The maximum Gasteiger partial charge on any atom is 0.472 e. The monoisotopic (exact) mass is 1470 g/mol. The lowest BCUT2D eigenvalue weighted by Gasteiger charge is -2.21. The van der Waals surface area contributed by atoms with Crippen LogP contribution in [-0.4, -0.2) is 96.7 Å². The summed E-state index contributed by atoms with van der Waals surface area (Å²) in [7, 11) is -9.92. The molecule has 0 aromatic heterocycles.